The first-order valence-corrected chi connectivity index (χ1v) is 5.13. The molecule has 0 aromatic heterocycles. The van der Waals surface area contributed by atoms with Crippen molar-refractivity contribution in [2.45, 2.75) is 20.3 Å². The Morgan fingerprint density at radius 1 is 1.36 bits per heavy atom. The van der Waals surface area contributed by atoms with E-state index in [0.29, 0.717) is 13.0 Å². The maximum atomic E-state index is 11.5. The average Bonchev–Trinajstić information content (AvgIpc) is 2.28. The molecule has 0 saturated carbocycles. The van der Waals surface area contributed by atoms with E-state index in [2.05, 4.69) is 4.90 Å². The van der Waals surface area contributed by atoms with E-state index in [0.717, 1.165) is 26.2 Å². The van der Waals surface area contributed by atoms with E-state index >= 15 is 0 Å². The van der Waals surface area contributed by atoms with Gasteiger partial charge in [0.25, 0.3) is 0 Å². The number of ketones is 1. The van der Waals surface area contributed by atoms with E-state index in [9.17, 15) is 9.59 Å². The van der Waals surface area contributed by atoms with Crippen LogP contribution in [0, 0.1) is 0 Å². The maximum absolute atomic E-state index is 11.5. The Kier molecular flexibility index (Phi) is 4.07. The molecule has 0 radical (unpaired) electrons. The number of carbonyl (C=O) groups excluding carboxylic acids is 2. The van der Waals surface area contributed by atoms with Gasteiger partial charge in [-0.3, -0.25) is 14.5 Å². The lowest BCUT2D eigenvalue weighted by atomic mass is 10.3. The summed E-state index contributed by atoms with van der Waals surface area (Å²) in [5.41, 5.74) is 0. The third-order valence-corrected chi connectivity index (χ3v) is 2.51. The molecule has 1 heterocycles. The second-order valence-corrected chi connectivity index (χ2v) is 3.70. The first-order valence-electron chi connectivity index (χ1n) is 5.13. The molecule has 1 saturated heterocycles. The van der Waals surface area contributed by atoms with Crippen LogP contribution in [0.25, 0.3) is 0 Å². The van der Waals surface area contributed by atoms with Crippen LogP contribution in [0.5, 0.6) is 0 Å². The van der Waals surface area contributed by atoms with Crippen LogP contribution in [0.1, 0.15) is 20.3 Å². The fourth-order valence-electron chi connectivity index (χ4n) is 1.72. The zero-order valence-corrected chi connectivity index (χ0v) is 8.95. The lowest BCUT2D eigenvalue weighted by Gasteiger charge is -2.19. The Labute approximate surface area is 84.9 Å². The standard InChI is InChI=1S/C10H18N2O2/c1-3-12-7-6-11(8-9(2)13)5-4-10(12)14/h3-8H2,1-2H3. The number of amides is 1. The third kappa shape index (κ3) is 3.10. The smallest absolute Gasteiger partial charge is 0.223 e. The van der Waals surface area contributed by atoms with Crippen LogP contribution in [0.15, 0.2) is 0 Å². The fraction of sp³-hybridized carbons (Fsp3) is 0.800. The summed E-state index contributed by atoms with van der Waals surface area (Å²) in [5, 5.41) is 0. The van der Waals surface area contributed by atoms with Gasteiger partial charge in [-0.1, -0.05) is 0 Å². The van der Waals surface area contributed by atoms with E-state index < -0.39 is 0 Å². The Balaban J connectivity index is 2.47. The summed E-state index contributed by atoms with van der Waals surface area (Å²) >= 11 is 0. The Bertz CT molecular complexity index is 228. The Hall–Kier alpha value is -0.900. The van der Waals surface area contributed by atoms with Gasteiger partial charge in [0.05, 0.1) is 6.54 Å². The maximum Gasteiger partial charge on any atom is 0.223 e. The molecular formula is C10H18N2O2. The second-order valence-electron chi connectivity index (χ2n) is 3.70. The van der Waals surface area contributed by atoms with Gasteiger partial charge in [0.2, 0.25) is 5.91 Å². The van der Waals surface area contributed by atoms with Gasteiger partial charge >= 0.3 is 0 Å². The molecule has 0 atom stereocenters. The number of likely N-dealkylation sites (N-methyl/N-ethyl adjacent to an activating group) is 1. The predicted molar refractivity (Wildman–Crippen MR) is 54.0 cm³/mol. The minimum Gasteiger partial charge on any atom is -0.342 e. The summed E-state index contributed by atoms with van der Waals surface area (Å²) in [4.78, 5) is 26.3. The monoisotopic (exact) mass is 198 g/mol. The molecule has 4 heteroatoms. The molecule has 0 N–H and O–H groups in total. The number of hydrogen-bond donors (Lipinski definition) is 0. The van der Waals surface area contributed by atoms with Crippen molar-refractivity contribution < 1.29 is 9.59 Å². The molecule has 80 valence electrons. The quantitative estimate of drug-likeness (QED) is 0.647. The largest absolute Gasteiger partial charge is 0.342 e. The first kappa shape index (κ1) is 11.2. The van der Waals surface area contributed by atoms with Crippen molar-refractivity contribution in [1.29, 1.82) is 0 Å². The van der Waals surface area contributed by atoms with Gasteiger partial charge in [0.1, 0.15) is 5.78 Å². The van der Waals surface area contributed by atoms with Gasteiger partial charge in [0.15, 0.2) is 0 Å². The zero-order valence-electron chi connectivity index (χ0n) is 8.95. The molecule has 0 bridgehead atoms. The number of rotatable bonds is 3. The highest BCUT2D eigenvalue weighted by Gasteiger charge is 2.19. The summed E-state index contributed by atoms with van der Waals surface area (Å²) in [5.74, 6) is 0.376. The molecule has 1 amide bonds. The van der Waals surface area contributed by atoms with Crippen molar-refractivity contribution in [1.82, 2.24) is 9.80 Å². The van der Waals surface area contributed by atoms with Crippen molar-refractivity contribution in [2.75, 3.05) is 32.7 Å². The summed E-state index contributed by atoms with van der Waals surface area (Å²) in [7, 11) is 0. The highest BCUT2D eigenvalue weighted by atomic mass is 16.2. The number of carbonyl (C=O) groups is 2. The van der Waals surface area contributed by atoms with Crippen LogP contribution in [-0.2, 0) is 9.59 Å². The molecule has 1 rings (SSSR count). The van der Waals surface area contributed by atoms with E-state index in [4.69, 9.17) is 0 Å². The predicted octanol–water partition coefficient (Wildman–Crippen LogP) is 0.130. The molecule has 4 nitrogen and oxygen atoms in total. The van der Waals surface area contributed by atoms with Gasteiger partial charge in [-0.15, -0.1) is 0 Å². The number of nitrogens with zero attached hydrogens (tertiary/aromatic N) is 2. The third-order valence-electron chi connectivity index (χ3n) is 2.51. The van der Waals surface area contributed by atoms with Gasteiger partial charge in [-0.2, -0.15) is 0 Å². The Morgan fingerprint density at radius 3 is 2.64 bits per heavy atom. The van der Waals surface area contributed by atoms with Crippen molar-refractivity contribution in [3.05, 3.63) is 0 Å². The Morgan fingerprint density at radius 2 is 2.07 bits per heavy atom. The lowest BCUT2D eigenvalue weighted by Crippen LogP contribution is -2.34. The fourth-order valence-corrected chi connectivity index (χ4v) is 1.72. The SMILES string of the molecule is CCN1CCN(CC(C)=O)CCC1=O. The molecule has 1 fully saturated rings. The molecule has 0 spiro atoms. The van der Waals surface area contributed by atoms with Gasteiger partial charge in [-0.05, 0) is 13.8 Å². The van der Waals surface area contributed by atoms with E-state index in [1.54, 1.807) is 6.92 Å². The summed E-state index contributed by atoms with van der Waals surface area (Å²) in [6, 6.07) is 0. The summed E-state index contributed by atoms with van der Waals surface area (Å²) in [6.07, 6.45) is 0.543. The second kappa shape index (κ2) is 5.10. The van der Waals surface area contributed by atoms with E-state index in [1.807, 2.05) is 11.8 Å². The molecule has 0 aliphatic carbocycles. The van der Waals surface area contributed by atoms with Crippen LogP contribution >= 0.6 is 0 Å². The molecule has 0 aromatic carbocycles. The van der Waals surface area contributed by atoms with Crippen molar-refractivity contribution in [3.63, 3.8) is 0 Å². The number of Topliss-reactive ketones (excluding diaryl/α,β-unsaturated/α-hetero) is 1. The van der Waals surface area contributed by atoms with Crippen LogP contribution < -0.4 is 0 Å². The minimum absolute atomic E-state index is 0.169. The summed E-state index contributed by atoms with van der Waals surface area (Å²) in [6.45, 7) is 7.11. The van der Waals surface area contributed by atoms with Gasteiger partial charge in [-0.25, -0.2) is 0 Å². The van der Waals surface area contributed by atoms with Crippen LogP contribution in [0.3, 0.4) is 0 Å². The normalized spacial score (nSPS) is 19.6. The molecule has 14 heavy (non-hydrogen) atoms. The number of hydrogen-bond acceptors (Lipinski definition) is 3. The van der Waals surface area contributed by atoms with Crippen LogP contribution in [0.4, 0.5) is 0 Å². The van der Waals surface area contributed by atoms with Crippen LogP contribution in [0.2, 0.25) is 0 Å². The zero-order chi connectivity index (χ0) is 10.6. The lowest BCUT2D eigenvalue weighted by molar-refractivity contribution is -0.130. The van der Waals surface area contributed by atoms with Gasteiger partial charge < -0.3 is 4.90 Å². The highest BCUT2D eigenvalue weighted by molar-refractivity contribution is 5.78. The van der Waals surface area contributed by atoms with Crippen molar-refractivity contribution in [3.8, 4) is 0 Å². The summed E-state index contributed by atoms with van der Waals surface area (Å²) < 4.78 is 0. The van der Waals surface area contributed by atoms with Crippen LogP contribution in [-0.4, -0.2) is 54.2 Å². The van der Waals surface area contributed by atoms with E-state index in [-0.39, 0.29) is 11.7 Å². The molecule has 0 unspecified atom stereocenters. The topological polar surface area (TPSA) is 40.6 Å². The molecule has 1 aliphatic rings. The highest BCUT2D eigenvalue weighted by Crippen LogP contribution is 2.03. The van der Waals surface area contributed by atoms with Crippen molar-refractivity contribution >= 4 is 11.7 Å². The van der Waals surface area contributed by atoms with Crippen molar-refractivity contribution in [2.24, 2.45) is 0 Å². The molecular weight excluding hydrogens is 180 g/mol. The average molecular weight is 198 g/mol. The molecule has 1 aliphatic heterocycles. The van der Waals surface area contributed by atoms with Gasteiger partial charge in [0, 0.05) is 32.6 Å². The van der Waals surface area contributed by atoms with E-state index in [1.165, 1.54) is 0 Å². The minimum atomic E-state index is 0.169. The molecule has 0 aromatic rings. The first-order chi connectivity index (χ1) is 6.63.